The SMILES string of the molecule is CCOCCOc1ccccc1C(=O)N1CCN(C(=O)Cc2ccc(F)cc2)CC1. The van der Waals surface area contributed by atoms with E-state index in [0.717, 1.165) is 5.56 Å². The van der Waals surface area contributed by atoms with Crippen molar-refractivity contribution in [3.05, 3.63) is 65.5 Å². The molecule has 1 aliphatic rings. The van der Waals surface area contributed by atoms with Crippen LogP contribution in [0.5, 0.6) is 5.75 Å². The van der Waals surface area contributed by atoms with E-state index < -0.39 is 0 Å². The van der Waals surface area contributed by atoms with Gasteiger partial charge in [-0.05, 0) is 36.8 Å². The summed E-state index contributed by atoms with van der Waals surface area (Å²) in [4.78, 5) is 29.0. The molecule has 0 aromatic heterocycles. The van der Waals surface area contributed by atoms with E-state index in [2.05, 4.69) is 0 Å². The zero-order valence-corrected chi connectivity index (χ0v) is 17.2. The molecule has 0 N–H and O–H groups in total. The minimum absolute atomic E-state index is 0.0200. The van der Waals surface area contributed by atoms with E-state index in [9.17, 15) is 14.0 Å². The Kier molecular flexibility index (Phi) is 7.79. The first kappa shape index (κ1) is 21.8. The second kappa shape index (κ2) is 10.7. The number of piperazine rings is 1. The molecule has 1 fully saturated rings. The van der Waals surface area contributed by atoms with Crippen molar-refractivity contribution in [2.24, 2.45) is 0 Å². The maximum Gasteiger partial charge on any atom is 0.257 e. The van der Waals surface area contributed by atoms with Crippen molar-refractivity contribution in [1.29, 1.82) is 0 Å². The summed E-state index contributed by atoms with van der Waals surface area (Å²) >= 11 is 0. The van der Waals surface area contributed by atoms with Gasteiger partial charge in [0.1, 0.15) is 18.2 Å². The third kappa shape index (κ3) is 5.79. The fourth-order valence-electron chi connectivity index (χ4n) is 3.34. The van der Waals surface area contributed by atoms with Gasteiger partial charge in [-0.15, -0.1) is 0 Å². The second-order valence-electron chi connectivity index (χ2n) is 7.02. The fourth-order valence-corrected chi connectivity index (χ4v) is 3.34. The molecule has 0 saturated carbocycles. The van der Waals surface area contributed by atoms with Gasteiger partial charge in [0.2, 0.25) is 5.91 Å². The van der Waals surface area contributed by atoms with Crippen molar-refractivity contribution in [2.75, 3.05) is 46.0 Å². The van der Waals surface area contributed by atoms with Crippen molar-refractivity contribution in [3.63, 3.8) is 0 Å². The van der Waals surface area contributed by atoms with Crippen LogP contribution in [0.2, 0.25) is 0 Å². The van der Waals surface area contributed by atoms with E-state index in [-0.39, 0.29) is 24.1 Å². The van der Waals surface area contributed by atoms with E-state index in [1.165, 1.54) is 12.1 Å². The molecule has 3 rings (SSSR count). The number of para-hydroxylation sites is 1. The molecule has 0 aliphatic carbocycles. The summed E-state index contributed by atoms with van der Waals surface area (Å²) in [5.41, 5.74) is 1.29. The molecule has 30 heavy (non-hydrogen) atoms. The molecule has 1 saturated heterocycles. The molecule has 6 nitrogen and oxygen atoms in total. The summed E-state index contributed by atoms with van der Waals surface area (Å²) in [6.07, 6.45) is 0.227. The highest BCUT2D eigenvalue weighted by atomic mass is 19.1. The molecule has 1 heterocycles. The summed E-state index contributed by atoms with van der Waals surface area (Å²) in [5.74, 6) is 0.0958. The lowest BCUT2D eigenvalue weighted by molar-refractivity contribution is -0.131. The zero-order chi connectivity index (χ0) is 21.3. The van der Waals surface area contributed by atoms with Crippen molar-refractivity contribution < 1.29 is 23.5 Å². The predicted molar refractivity (Wildman–Crippen MR) is 111 cm³/mol. The number of carbonyl (C=O) groups excluding carboxylic acids is 2. The molecule has 0 atom stereocenters. The largest absolute Gasteiger partial charge is 0.490 e. The first-order valence-electron chi connectivity index (χ1n) is 10.2. The Morgan fingerprint density at radius 2 is 1.60 bits per heavy atom. The molecule has 0 bridgehead atoms. The van der Waals surface area contributed by atoms with Crippen molar-refractivity contribution in [2.45, 2.75) is 13.3 Å². The van der Waals surface area contributed by atoms with Crippen LogP contribution in [0.25, 0.3) is 0 Å². The minimum atomic E-state index is -0.319. The van der Waals surface area contributed by atoms with E-state index in [4.69, 9.17) is 9.47 Å². The Morgan fingerprint density at radius 3 is 2.30 bits per heavy atom. The van der Waals surface area contributed by atoms with Crippen LogP contribution in [-0.4, -0.2) is 67.6 Å². The quantitative estimate of drug-likeness (QED) is 0.624. The van der Waals surface area contributed by atoms with Crippen LogP contribution in [0.4, 0.5) is 4.39 Å². The van der Waals surface area contributed by atoms with Gasteiger partial charge in [0.15, 0.2) is 0 Å². The third-order valence-electron chi connectivity index (χ3n) is 5.00. The fraction of sp³-hybridized carbons (Fsp3) is 0.391. The van der Waals surface area contributed by atoms with Crippen LogP contribution >= 0.6 is 0 Å². The second-order valence-corrected chi connectivity index (χ2v) is 7.02. The Hall–Kier alpha value is -2.93. The standard InChI is InChI=1S/C23H27FN2O4/c1-2-29-15-16-30-21-6-4-3-5-20(21)23(28)26-13-11-25(12-14-26)22(27)17-18-7-9-19(24)10-8-18/h3-10H,2,11-17H2,1H3. The summed E-state index contributed by atoms with van der Waals surface area (Å²) in [5, 5.41) is 0. The van der Waals surface area contributed by atoms with Crippen molar-refractivity contribution in [1.82, 2.24) is 9.80 Å². The molecule has 2 aromatic rings. The van der Waals surface area contributed by atoms with Gasteiger partial charge in [-0.2, -0.15) is 0 Å². The van der Waals surface area contributed by atoms with E-state index >= 15 is 0 Å². The van der Waals surface area contributed by atoms with Gasteiger partial charge in [-0.3, -0.25) is 9.59 Å². The van der Waals surface area contributed by atoms with Gasteiger partial charge < -0.3 is 19.3 Å². The lowest BCUT2D eigenvalue weighted by atomic mass is 10.1. The molecule has 1 aliphatic heterocycles. The molecule has 0 unspecified atom stereocenters. The van der Waals surface area contributed by atoms with Crippen LogP contribution in [0.15, 0.2) is 48.5 Å². The van der Waals surface area contributed by atoms with Gasteiger partial charge in [0.25, 0.3) is 5.91 Å². The number of nitrogens with zero attached hydrogens (tertiary/aromatic N) is 2. The van der Waals surface area contributed by atoms with Crippen LogP contribution in [0.1, 0.15) is 22.8 Å². The lowest BCUT2D eigenvalue weighted by Gasteiger charge is -2.35. The molecular weight excluding hydrogens is 387 g/mol. The number of hydrogen-bond donors (Lipinski definition) is 0. The Bertz CT molecular complexity index is 849. The van der Waals surface area contributed by atoms with Crippen molar-refractivity contribution in [3.8, 4) is 5.75 Å². The normalized spacial score (nSPS) is 13.9. The number of hydrogen-bond acceptors (Lipinski definition) is 4. The number of amides is 2. The highest BCUT2D eigenvalue weighted by Crippen LogP contribution is 2.21. The number of rotatable bonds is 8. The molecule has 0 spiro atoms. The minimum Gasteiger partial charge on any atom is -0.490 e. The topological polar surface area (TPSA) is 59.1 Å². The van der Waals surface area contributed by atoms with Gasteiger partial charge in [0, 0.05) is 32.8 Å². The zero-order valence-electron chi connectivity index (χ0n) is 17.2. The first-order valence-corrected chi connectivity index (χ1v) is 10.2. The summed E-state index contributed by atoms with van der Waals surface area (Å²) in [7, 11) is 0. The highest BCUT2D eigenvalue weighted by Gasteiger charge is 2.26. The Labute approximate surface area is 176 Å². The summed E-state index contributed by atoms with van der Waals surface area (Å²) in [6, 6.07) is 13.1. The van der Waals surface area contributed by atoms with Crippen LogP contribution in [-0.2, 0) is 16.0 Å². The molecule has 160 valence electrons. The van der Waals surface area contributed by atoms with Crippen LogP contribution in [0, 0.1) is 5.82 Å². The third-order valence-corrected chi connectivity index (χ3v) is 5.00. The van der Waals surface area contributed by atoms with Gasteiger partial charge >= 0.3 is 0 Å². The van der Waals surface area contributed by atoms with E-state index in [0.29, 0.717) is 57.3 Å². The average molecular weight is 414 g/mol. The van der Waals surface area contributed by atoms with Gasteiger partial charge in [0.05, 0.1) is 18.6 Å². The van der Waals surface area contributed by atoms with Gasteiger partial charge in [-0.25, -0.2) is 4.39 Å². The molecule has 2 aromatic carbocycles. The van der Waals surface area contributed by atoms with Crippen molar-refractivity contribution >= 4 is 11.8 Å². The first-order chi connectivity index (χ1) is 14.6. The lowest BCUT2D eigenvalue weighted by Crippen LogP contribution is -2.51. The monoisotopic (exact) mass is 414 g/mol. The van der Waals surface area contributed by atoms with Crippen LogP contribution < -0.4 is 4.74 Å². The Balaban J connectivity index is 1.54. The maximum absolute atomic E-state index is 13.0. The average Bonchev–Trinajstić information content (AvgIpc) is 2.78. The summed E-state index contributed by atoms with van der Waals surface area (Å²) < 4.78 is 24.0. The number of carbonyl (C=O) groups is 2. The maximum atomic E-state index is 13.0. The Morgan fingerprint density at radius 1 is 0.933 bits per heavy atom. The number of benzene rings is 2. The van der Waals surface area contributed by atoms with Gasteiger partial charge in [-0.1, -0.05) is 24.3 Å². The predicted octanol–water partition coefficient (Wildman–Crippen LogP) is 2.77. The molecule has 2 amide bonds. The van der Waals surface area contributed by atoms with E-state index in [1.54, 1.807) is 34.1 Å². The smallest absolute Gasteiger partial charge is 0.257 e. The number of halogens is 1. The van der Waals surface area contributed by atoms with E-state index in [1.807, 2.05) is 19.1 Å². The number of ether oxygens (including phenoxy) is 2. The summed E-state index contributed by atoms with van der Waals surface area (Å²) in [6.45, 7) is 5.24. The molecular formula is C23H27FN2O4. The molecule has 0 radical (unpaired) electrons. The highest BCUT2D eigenvalue weighted by molar-refractivity contribution is 5.97. The molecule has 7 heteroatoms. The van der Waals surface area contributed by atoms with Crippen LogP contribution in [0.3, 0.4) is 0 Å².